The first kappa shape index (κ1) is 20.2. The molecule has 0 radical (unpaired) electrons. The van der Waals surface area contributed by atoms with Gasteiger partial charge in [-0.3, -0.25) is 10.2 Å². The van der Waals surface area contributed by atoms with Crippen LogP contribution >= 0.6 is 0 Å². The molecule has 0 aliphatic heterocycles. The van der Waals surface area contributed by atoms with Gasteiger partial charge in [-0.15, -0.1) is 0 Å². The Balaban J connectivity index is 1.61. The van der Waals surface area contributed by atoms with Gasteiger partial charge in [0.1, 0.15) is 5.82 Å². The van der Waals surface area contributed by atoms with Crippen LogP contribution in [0.15, 0.2) is 54.6 Å². The highest BCUT2D eigenvalue weighted by Gasteiger charge is 2.07. The Labute approximate surface area is 158 Å². The van der Waals surface area contributed by atoms with Crippen LogP contribution < -0.4 is 21.1 Å². The third-order valence-electron chi connectivity index (χ3n) is 3.99. The quantitative estimate of drug-likeness (QED) is 0.493. The highest BCUT2D eigenvalue weighted by atomic mass is 19.1. The van der Waals surface area contributed by atoms with Crippen LogP contribution in [0.3, 0.4) is 0 Å². The Kier molecular flexibility index (Phi) is 8.09. The molecule has 0 aromatic heterocycles. The van der Waals surface area contributed by atoms with E-state index >= 15 is 0 Å². The fraction of sp³-hybridized carbons (Fsp3) is 0.300. The van der Waals surface area contributed by atoms with Crippen LogP contribution in [0.4, 0.5) is 14.9 Å². The summed E-state index contributed by atoms with van der Waals surface area (Å²) in [6.07, 6.45) is 0.836. The zero-order valence-electron chi connectivity index (χ0n) is 15.4. The molecule has 0 heterocycles. The van der Waals surface area contributed by atoms with Crippen LogP contribution in [0.2, 0.25) is 0 Å². The molecule has 3 N–H and O–H groups in total. The van der Waals surface area contributed by atoms with Crippen molar-refractivity contribution < 1.29 is 14.0 Å². The zero-order chi connectivity index (χ0) is 19.5. The number of benzene rings is 2. The van der Waals surface area contributed by atoms with E-state index in [4.69, 9.17) is 0 Å². The zero-order valence-corrected chi connectivity index (χ0v) is 15.4. The molecule has 6 nitrogen and oxygen atoms in total. The number of nitrogens with one attached hydrogen (secondary N) is 3. The molecule has 0 aliphatic rings. The van der Waals surface area contributed by atoms with Gasteiger partial charge in [0.15, 0.2) is 0 Å². The fourth-order valence-corrected chi connectivity index (χ4v) is 2.58. The molecule has 0 atom stereocenters. The monoisotopic (exact) mass is 372 g/mol. The third kappa shape index (κ3) is 7.35. The lowest BCUT2D eigenvalue weighted by Crippen LogP contribution is -2.47. The normalized spacial score (nSPS) is 10.1. The van der Waals surface area contributed by atoms with Crippen molar-refractivity contribution in [3.8, 4) is 0 Å². The van der Waals surface area contributed by atoms with E-state index in [1.54, 1.807) is 0 Å². The topological polar surface area (TPSA) is 73.5 Å². The maximum absolute atomic E-state index is 12.8. The van der Waals surface area contributed by atoms with Crippen molar-refractivity contribution in [3.05, 3.63) is 66.0 Å². The van der Waals surface area contributed by atoms with Gasteiger partial charge in [-0.1, -0.05) is 30.3 Å². The summed E-state index contributed by atoms with van der Waals surface area (Å²) in [6, 6.07) is 15.3. The number of nitrogens with zero attached hydrogens (tertiary/aromatic N) is 1. The van der Waals surface area contributed by atoms with E-state index in [1.807, 2.05) is 18.2 Å². The number of hydrogen-bond acceptors (Lipinski definition) is 3. The summed E-state index contributed by atoms with van der Waals surface area (Å²) in [5.74, 6) is -0.733. The molecule has 0 spiro atoms. The first-order valence-electron chi connectivity index (χ1n) is 8.95. The van der Waals surface area contributed by atoms with E-state index in [1.165, 1.54) is 24.3 Å². The van der Waals surface area contributed by atoms with Gasteiger partial charge >= 0.3 is 6.03 Å². The van der Waals surface area contributed by atoms with E-state index in [-0.39, 0.29) is 18.1 Å². The number of urea groups is 1. The smallest absolute Gasteiger partial charge is 0.333 e. The second-order valence-electron chi connectivity index (χ2n) is 6.00. The molecular formula is C20H25FN4O2. The van der Waals surface area contributed by atoms with Gasteiger partial charge in [-0.2, -0.15) is 0 Å². The Morgan fingerprint density at radius 2 is 1.70 bits per heavy atom. The van der Waals surface area contributed by atoms with Gasteiger partial charge in [0.2, 0.25) is 5.91 Å². The Morgan fingerprint density at radius 3 is 2.37 bits per heavy atom. The molecular weight excluding hydrogens is 347 g/mol. The molecule has 0 fully saturated rings. The van der Waals surface area contributed by atoms with Crippen LogP contribution in [-0.4, -0.2) is 31.6 Å². The van der Waals surface area contributed by atoms with E-state index in [0.29, 0.717) is 12.1 Å². The van der Waals surface area contributed by atoms with Crippen LogP contribution in [-0.2, 0) is 11.2 Å². The van der Waals surface area contributed by atoms with Crippen molar-refractivity contribution in [1.82, 2.24) is 16.2 Å². The van der Waals surface area contributed by atoms with Crippen molar-refractivity contribution in [2.24, 2.45) is 0 Å². The molecule has 27 heavy (non-hydrogen) atoms. The summed E-state index contributed by atoms with van der Waals surface area (Å²) in [6.45, 7) is 4.28. The number of halogens is 1. The second kappa shape index (κ2) is 10.8. The lowest BCUT2D eigenvalue weighted by atomic mass is 10.1. The largest absolute Gasteiger partial charge is 0.372 e. The summed E-state index contributed by atoms with van der Waals surface area (Å²) in [7, 11) is 0. The lowest BCUT2D eigenvalue weighted by Gasteiger charge is -2.23. The highest BCUT2D eigenvalue weighted by Crippen LogP contribution is 2.12. The summed E-state index contributed by atoms with van der Waals surface area (Å²) >= 11 is 0. The number of hydrazine groups is 1. The standard InChI is InChI=1S/C20H25FN4O2/c1-2-25(18-7-4-3-5-8-18)14-6-13-22-20(27)24-23-19(26)15-16-9-11-17(21)12-10-16/h3-5,7-12H,2,6,13-15H2,1H3,(H,23,26)(H2,22,24,27). The van der Waals surface area contributed by atoms with Crippen molar-refractivity contribution >= 4 is 17.6 Å². The molecule has 0 aliphatic carbocycles. The highest BCUT2D eigenvalue weighted by molar-refractivity contribution is 5.82. The molecule has 0 saturated heterocycles. The fourth-order valence-electron chi connectivity index (χ4n) is 2.58. The summed E-state index contributed by atoms with van der Waals surface area (Å²) < 4.78 is 12.8. The van der Waals surface area contributed by atoms with Crippen LogP contribution in [0.25, 0.3) is 0 Å². The van der Waals surface area contributed by atoms with E-state index < -0.39 is 6.03 Å². The number of rotatable bonds is 8. The maximum atomic E-state index is 12.8. The van der Waals surface area contributed by atoms with Gasteiger partial charge in [-0.25, -0.2) is 14.6 Å². The van der Waals surface area contributed by atoms with E-state index in [2.05, 4.69) is 40.1 Å². The number of para-hydroxylation sites is 1. The van der Waals surface area contributed by atoms with E-state index in [0.717, 1.165) is 25.2 Å². The molecule has 7 heteroatoms. The van der Waals surface area contributed by atoms with Gasteiger partial charge < -0.3 is 10.2 Å². The lowest BCUT2D eigenvalue weighted by molar-refractivity contribution is -0.121. The molecule has 2 aromatic carbocycles. The summed E-state index contributed by atoms with van der Waals surface area (Å²) in [5.41, 5.74) is 6.45. The molecule has 0 unspecified atom stereocenters. The maximum Gasteiger partial charge on any atom is 0.333 e. The van der Waals surface area contributed by atoms with E-state index in [9.17, 15) is 14.0 Å². The second-order valence-corrected chi connectivity index (χ2v) is 6.00. The van der Waals surface area contributed by atoms with Crippen molar-refractivity contribution in [3.63, 3.8) is 0 Å². The third-order valence-corrected chi connectivity index (χ3v) is 3.99. The number of carbonyl (C=O) groups is 2. The van der Waals surface area contributed by atoms with Crippen molar-refractivity contribution in [2.75, 3.05) is 24.5 Å². The predicted octanol–water partition coefficient (Wildman–Crippen LogP) is 2.62. The molecule has 3 amide bonds. The SMILES string of the molecule is CCN(CCCNC(=O)NNC(=O)Cc1ccc(F)cc1)c1ccccc1. The minimum atomic E-state index is -0.467. The van der Waals surface area contributed by atoms with Crippen molar-refractivity contribution in [2.45, 2.75) is 19.8 Å². The van der Waals surface area contributed by atoms with Gasteiger partial charge in [0, 0.05) is 25.3 Å². The summed E-state index contributed by atoms with van der Waals surface area (Å²) in [4.78, 5) is 25.7. The molecule has 0 saturated carbocycles. The number of hydrogen-bond donors (Lipinski definition) is 3. The Bertz CT molecular complexity index is 723. The molecule has 2 aromatic rings. The summed E-state index contributed by atoms with van der Waals surface area (Å²) in [5, 5.41) is 2.70. The van der Waals surface area contributed by atoms with Crippen LogP contribution in [0.1, 0.15) is 18.9 Å². The van der Waals surface area contributed by atoms with Crippen LogP contribution in [0.5, 0.6) is 0 Å². The Morgan fingerprint density at radius 1 is 1.00 bits per heavy atom. The minimum absolute atomic E-state index is 0.0586. The molecule has 144 valence electrons. The van der Waals surface area contributed by atoms with Gasteiger partial charge in [0.25, 0.3) is 0 Å². The van der Waals surface area contributed by atoms with Gasteiger partial charge in [0.05, 0.1) is 6.42 Å². The minimum Gasteiger partial charge on any atom is -0.372 e. The predicted molar refractivity (Wildman–Crippen MR) is 104 cm³/mol. The molecule has 2 rings (SSSR count). The first-order valence-corrected chi connectivity index (χ1v) is 8.95. The number of amides is 3. The molecule has 0 bridgehead atoms. The average molecular weight is 372 g/mol. The number of carbonyl (C=O) groups excluding carboxylic acids is 2. The van der Waals surface area contributed by atoms with Gasteiger partial charge in [-0.05, 0) is 43.2 Å². The first-order chi connectivity index (χ1) is 13.1. The Hall–Kier alpha value is -3.09. The number of anilines is 1. The van der Waals surface area contributed by atoms with Crippen molar-refractivity contribution in [1.29, 1.82) is 0 Å². The van der Waals surface area contributed by atoms with Crippen LogP contribution in [0, 0.1) is 5.82 Å². The average Bonchev–Trinajstić information content (AvgIpc) is 2.69.